The summed E-state index contributed by atoms with van der Waals surface area (Å²) in [7, 11) is -3.83. The first-order valence-corrected chi connectivity index (χ1v) is 9.76. The molecular weight excluding hydrogens is 370 g/mol. The first-order chi connectivity index (χ1) is 12.7. The van der Waals surface area contributed by atoms with Crippen molar-refractivity contribution in [1.82, 2.24) is 4.83 Å². The average molecular weight is 391 g/mol. The third kappa shape index (κ3) is 5.27. The Balaban J connectivity index is 2.20. The van der Waals surface area contributed by atoms with Gasteiger partial charge in [-0.2, -0.15) is 13.5 Å². The van der Waals surface area contributed by atoms with Crippen LogP contribution in [-0.4, -0.2) is 26.2 Å². The fraction of sp³-hybridized carbons (Fsp3) is 0.278. The first kappa shape index (κ1) is 20.4. The first-order valence-electron chi connectivity index (χ1n) is 8.28. The summed E-state index contributed by atoms with van der Waals surface area (Å²) in [4.78, 5) is 12.9. The average Bonchev–Trinajstić information content (AvgIpc) is 2.59. The molecule has 0 aliphatic carbocycles. The zero-order valence-corrected chi connectivity index (χ0v) is 16.1. The van der Waals surface area contributed by atoms with Gasteiger partial charge in [0.2, 0.25) is 0 Å². The molecule has 0 fully saturated rings. The minimum atomic E-state index is -3.83. The maximum Gasteiger partial charge on any atom is 0.311 e. The van der Waals surface area contributed by atoms with E-state index in [4.69, 9.17) is 4.74 Å². The quantitative estimate of drug-likeness (QED) is 0.422. The molecule has 144 valence electrons. The van der Waals surface area contributed by atoms with Crippen molar-refractivity contribution in [3.63, 3.8) is 0 Å². The Morgan fingerprint density at radius 1 is 1.22 bits per heavy atom. The summed E-state index contributed by atoms with van der Waals surface area (Å²) in [6.45, 7) is 5.83. The van der Waals surface area contributed by atoms with Crippen LogP contribution in [-0.2, 0) is 10.0 Å². The van der Waals surface area contributed by atoms with Crippen LogP contribution in [0.5, 0.6) is 5.75 Å². The molecule has 2 aromatic rings. The second-order valence-corrected chi connectivity index (χ2v) is 7.58. The topological polar surface area (TPSA) is 111 Å². The number of hydrazone groups is 1. The summed E-state index contributed by atoms with van der Waals surface area (Å²) in [5, 5.41) is 14.9. The standard InChI is InChI=1S/C18H21N3O5S/c1-4-9-26-17-7-6-15(11-16(17)21(22)23)12-19-20-27(24,25)18-8-5-13(2)10-14(18)3/h5-8,10-12,20H,4,9H2,1-3H3/b19-12+. The number of rotatable bonds is 8. The van der Waals surface area contributed by atoms with Crippen molar-refractivity contribution in [1.29, 1.82) is 0 Å². The molecule has 0 atom stereocenters. The molecule has 0 heterocycles. The van der Waals surface area contributed by atoms with E-state index in [1.807, 2.05) is 13.8 Å². The van der Waals surface area contributed by atoms with Gasteiger partial charge in [0.1, 0.15) is 0 Å². The summed E-state index contributed by atoms with van der Waals surface area (Å²) < 4.78 is 30.0. The Labute approximate surface area is 158 Å². The molecule has 0 aliphatic rings. The lowest BCUT2D eigenvalue weighted by molar-refractivity contribution is -0.385. The summed E-state index contributed by atoms with van der Waals surface area (Å²) in [5.41, 5.74) is 1.72. The molecule has 0 aromatic heterocycles. The van der Waals surface area contributed by atoms with Gasteiger partial charge in [-0.3, -0.25) is 10.1 Å². The Hall–Kier alpha value is -2.94. The maximum atomic E-state index is 12.3. The van der Waals surface area contributed by atoms with Crippen LogP contribution >= 0.6 is 0 Å². The van der Waals surface area contributed by atoms with Crippen LogP contribution in [0.15, 0.2) is 46.4 Å². The van der Waals surface area contributed by atoms with Crippen molar-refractivity contribution < 1.29 is 18.1 Å². The molecule has 0 unspecified atom stereocenters. The molecule has 8 nitrogen and oxygen atoms in total. The van der Waals surface area contributed by atoms with Gasteiger partial charge in [-0.05, 0) is 44.0 Å². The van der Waals surface area contributed by atoms with Gasteiger partial charge >= 0.3 is 5.69 Å². The largest absolute Gasteiger partial charge is 0.487 e. The molecule has 2 rings (SSSR count). The highest BCUT2D eigenvalue weighted by Crippen LogP contribution is 2.27. The van der Waals surface area contributed by atoms with Gasteiger partial charge in [0, 0.05) is 11.6 Å². The smallest absolute Gasteiger partial charge is 0.311 e. The molecule has 0 spiro atoms. The molecule has 0 aliphatic heterocycles. The van der Waals surface area contributed by atoms with Crippen LogP contribution in [0.1, 0.15) is 30.0 Å². The summed E-state index contributed by atoms with van der Waals surface area (Å²) >= 11 is 0. The molecular formula is C18H21N3O5S. The molecule has 2 aromatic carbocycles. The van der Waals surface area contributed by atoms with Crippen LogP contribution in [0.2, 0.25) is 0 Å². The van der Waals surface area contributed by atoms with Crippen molar-refractivity contribution in [3.05, 3.63) is 63.2 Å². The Bertz CT molecular complexity index is 971. The number of aryl methyl sites for hydroxylation is 2. The lowest BCUT2D eigenvalue weighted by atomic mass is 10.2. The third-order valence-corrected chi connectivity index (χ3v) is 5.03. The second kappa shape index (κ2) is 8.63. The highest BCUT2D eigenvalue weighted by atomic mass is 32.2. The van der Waals surface area contributed by atoms with Gasteiger partial charge < -0.3 is 4.74 Å². The van der Waals surface area contributed by atoms with E-state index in [2.05, 4.69) is 9.93 Å². The van der Waals surface area contributed by atoms with Crippen molar-refractivity contribution in [3.8, 4) is 5.75 Å². The third-order valence-electron chi connectivity index (χ3n) is 3.65. The molecule has 0 bridgehead atoms. The van der Waals surface area contributed by atoms with E-state index in [9.17, 15) is 18.5 Å². The second-order valence-electron chi connectivity index (χ2n) is 5.95. The molecule has 0 saturated carbocycles. The van der Waals surface area contributed by atoms with E-state index in [1.54, 1.807) is 25.1 Å². The zero-order chi connectivity index (χ0) is 20.0. The highest BCUT2D eigenvalue weighted by Gasteiger charge is 2.17. The van der Waals surface area contributed by atoms with E-state index in [0.29, 0.717) is 17.7 Å². The van der Waals surface area contributed by atoms with Crippen molar-refractivity contribution in [2.75, 3.05) is 6.61 Å². The van der Waals surface area contributed by atoms with Gasteiger partial charge in [-0.1, -0.05) is 24.6 Å². The van der Waals surface area contributed by atoms with E-state index < -0.39 is 14.9 Å². The molecule has 9 heteroatoms. The van der Waals surface area contributed by atoms with Gasteiger partial charge in [-0.25, -0.2) is 4.83 Å². The molecule has 0 amide bonds. The molecule has 0 radical (unpaired) electrons. The summed E-state index contributed by atoms with van der Waals surface area (Å²) in [6.07, 6.45) is 1.93. The Morgan fingerprint density at radius 2 is 1.96 bits per heavy atom. The van der Waals surface area contributed by atoms with Crippen LogP contribution < -0.4 is 9.57 Å². The zero-order valence-electron chi connectivity index (χ0n) is 15.3. The Kier molecular flexibility index (Phi) is 6.51. The fourth-order valence-electron chi connectivity index (χ4n) is 2.41. The lowest BCUT2D eigenvalue weighted by Gasteiger charge is -2.08. The van der Waals surface area contributed by atoms with Crippen molar-refractivity contribution in [2.24, 2.45) is 5.10 Å². The number of nitrogens with one attached hydrogen (secondary N) is 1. The van der Waals surface area contributed by atoms with Gasteiger partial charge in [0.15, 0.2) is 5.75 Å². The molecule has 0 saturated heterocycles. The minimum absolute atomic E-state index is 0.125. The number of nitrogens with zero attached hydrogens (tertiary/aromatic N) is 2. The number of hydrogen-bond donors (Lipinski definition) is 1. The lowest BCUT2D eigenvalue weighted by Crippen LogP contribution is -2.19. The monoisotopic (exact) mass is 391 g/mol. The van der Waals surface area contributed by atoms with E-state index in [-0.39, 0.29) is 16.3 Å². The predicted molar refractivity (Wildman–Crippen MR) is 103 cm³/mol. The van der Waals surface area contributed by atoms with Gasteiger partial charge in [0.25, 0.3) is 10.0 Å². The number of hydrogen-bond acceptors (Lipinski definition) is 6. The van der Waals surface area contributed by atoms with E-state index >= 15 is 0 Å². The number of sulfonamides is 1. The highest BCUT2D eigenvalue weighted by molar-refractivity contribution is 7.89. The van der Waals surface area contributed by atoms with E-state index in [1.165, 1.54) is 24.4 Å². The number of nitro groups is 1. The summed E-state index contributed by atoms with van der Waals surface area (Å²) in [5.74, 6) is 0.162. The number of ether oxygens (including phenoxy) is 1. The van der Waals surface area contributed by atoms with Gasteiger partial charge in [0.05, 0.1) is 22.6 Å². The molecule has 27 heavy (non-hydrogen) atoms. The maximum absolute atomic E-state index is 12.3. The normalized spacial score (nSPS) is 11.5. The summed E-state index contributed by atoms with van der Waals surface area (Å²) in [6, 6.07) is 9.27. The SMILES string of the molecule is CCCOc1ccc(/C=N/NS(=O)(=O)c2ccc(C)cc2C)cc1[N+](=O)[O-]. The van der Waals surface area contributed by atoms with Crippen LogP contribution in [0.3, 0.4) is 0 Å². The van der Waals surface area contributed by atoms with Crippen molar-refractivity contribution in [2.45, 2.75) is 32.1 Å². The molecule has 1 N–H and O–H groups in total. The predicted octanol–water partition coefficient (Wildman–Crippen LogP) is 3.31. The van der Waals surface area contributed by atoms with E-state index in [0.717, 1.165) is 12.0 Å². The Morgan fingerprint density at radius 3 is 2.59 bits per heavy atom. The van der Waals surface area contributed by atoms with Crippen molar-refractivity contribution >= 4 is 21.9 Å². The number of benzene rings is 2. The minimum Gasteiger partial charge on any atom is -0.487 e. The van der Waals surface area contributed by atoms with Crippen LogP contribution in [0, 0.1) is 24.0 Å². The van der Waals surface area contributed by atoms with Crippen LogP contribution in [0.25, 0.3) is 0 Å². The fourth-order valence-corrected chi connectivity index (χ4v) is 3.43. The van der Waals surface area contributed by atoms with Crippen LogP contribution in [0.4, 0.5) is 5.69 Å². The van der Waals surface area contributed by atoms with Gasteiger partial charge in [-0.15, -0.1) is 0 Å². The number of nitro benzene ring substituents is 1.